The molecule has 1 aliphatic rings. The number of carbonyl (C=O) groups excluding carboxylic acids is 2. The third-order valence-electron chi connectivity index (χ3n) is 4.51. The van der Waals surface area contributed by atoms with Gasteiger partial charge in [0.1, 0.15) is 4.90 Å². The molecule has 2 heterocycles. The zero-order chi connectivity index (χ0) is 21.9. The fourth-order valence-electron chi connectivity index (χ4n) is 3.01. The van der Waals surface area contributed by atoms with E-state index in [-0.39, 0.29) is 28.3 Å². The zero-order valence-electron chi connectivity index (χ0n) is 16.5. The Morgan fingerprint density at radius 3 is 2.73 bits per heavy atom. The fraction of sp³-hybridized carbons (Fsp3) is 0.389. The van der Waals surface area contributed by atoms with Crippen molar-refractivity contribution in [2.45, 2.75) is 25.2 Å². The van der Waals surface area contributed by atoms with Crippen LogP contribution in [0.5, 0.6) is 0 Å². The Morgan fingerprint density at radius 2 is 2.10 bits per heavy atom. The standard InChI is InChI=1S/C18H22ClN5O4S2/c1-3-23(4-2)30(27,28)15-9-12(5-6-14(15)19)21-16(25)10-13-11-29-18(22-13)24-8-7-20-17(24)26/h5-6,9,11H,3-4,7-8,10H2,1-2H3,(H,20,26)(H,21,25). The van der Waals surface area contributed by atoms with Crippen LogP contribution in [0.4, 0.5) is 15.6 Å². The summed E-state index contributed by atoms with van der Waals surface area (Å²) in [6.45, 7) is 5.21. The van der Waals surface area contributed by atoms with E-state index in [1.807, 2.05) is 0 Å². The van der Waals surface area contributed by atoms with E-state index >= 15 is 0 Å². The van der Waals surface area contributed by atoms with Crippen LogP contribution in [0.15, 0.2) is 28.5 Å². The normalized spacial score (nSPS) is 14.3. The predicted molar refractivity (Wildman–Crippen MR) is 117 cm³/mol. The molecule has 1 aliphatic heterocycles. The third kappa shape index (κ3) is 4.75. The summed E-state index contributed by atoms with van der Waals surface area (Å²) in [5.74, 6) is -0.355. The monoisotopic (exact) mass is 471 g/mol. The molecule has 30 heavy (non-hydrogen) atoms. The Kier molecular flexibility index (Phi) is 6.96. The number of hydrogen-bond acceptors (Lipinski definition) is 6. The molecule has 0 saturated carbocycles. The van der Waals surface area contributed by atoms with Crippen LogP contribution in [-0.2, 0) is 21.2 Å². The molecule has 0 radical (unpaired) electrons. The van der Waals surface area contributed by atoms with Gasteiger partial charge < -0.3 is 10.6 Å². The first-order chi connectivity index (χ1) is 14.3. The van der Waals surface area contributed by atoms with E-state index < -0.39 is 10.0 Å². The first kappa shape index (κ1) is 22.5. The Balaban J connectivity index is 1.72. The molecule has 1 fully saturated rings. The molecule has 3 rings (SSSR count). The molecule has 1 aromatic heterocycles. The lowest BCUT2D eigenvalue weighted by Gasteiger charge is -2.19. The molecule has 0 bridgehead atoms. The summed E-state index contributed by atoms with van der Waals surface area (Å²) >= 11 is 7.40. The summed E-state index contributed by atoms with van der Waals surface area (Å²) in [5.41, 5.74) is 0.849. The number of carbonyl (C=O) groups is 2. The van der Waals surface area contributed by atoms with E-state index in [1.54, 1.807) is 25.3 Å². The van der Waals surface area contributed by atoms with Crippen molar-refractivity contribution in [3.8, 4) is 0 Å². The number of rotatable bonds is 8. The maximum absolute atomic E-state index is 12.8. The minimum Gasteiger partial charge on any atom is -0.336 e. The smallest absolute Gasteiger partial charge is 0.323 e. The van der Waals surface area contributed by atoms with E-state index in [1.165, 1.54) is 32.7 Å². The van der Waals surface area contributed by atoms with Crippen LogP contribution >= 0.6 is 22.9 Å². The number of aromatic nitrogens is 1. The maximum Gasteiger partial charge on any atom is 0.323 e. The van der Waals surface area contributed by atoms with Gasteiger partial charge in [0.05, 0.1) is 17.1 Å². The molecular formula is C18H22ClN5O4S2. The van der Waals surface area contributed by atoms with Crippen LogP contribution in [0.2, 0.25) is 5.02 Å². The Hall–Kier alpha value is -2.21. The van der Waals surface area contributed by atoms with Crippen LogP contribution in [0.3, 0.4) is 0 Å². The summed E-state index contributed by atoms with van der Waals surface area (Å²) < 4.78 is 26.9. The van der Waals surface area contributed by atoms with Gasteiger partial charge in [0, 0.05) is 37.2 Å². The second kappa shape index (κ2) is 9.29. The minimum absolute atomic E-state index is 0.00723. The zero-order valence-corrected chi connectivity index (χ0v) is 18.9. The van der Waals surface area contributed by atoms with E-state index in [9.17, 15) is 18.0 Å². The molecule has 0 atom stereocenters. The number of hydrogen-bond donors (Lipinski definition) is 2. The quantitative estimate of drug-likeness (QED) is 0.614. The van der Waals surface area contributed by atoms with Crippen molar-refractivity contribution in [2.75, 3.05) is 36.4 Å². The number of sulfonamides is 1. The van der Waals surface area contributed by atoms with Crippen LogP contribution in [0.1, 0.15) is 19.5 Å². The lowest BCUT2D eigenvalue weighted by atomic mass is 10.3. The number of benzene rings is 1. The topological polar surface area (TPSA) is 112 Å². The van der Waals surface area contributed by atoms with Crippen molar-refractivity contribution in [3.63, 3.8) is 0 Å². The van der Waals surface area contributed by atoms with Gasteiger partial charge in [-0.05, 0) is 18.2 Å². The van der Waals surface area contributed by atoms with Crippen molar-refractivity contribution in [2.24, 2.45) is 0 Å². The molecule has 0 spiro atoms. The van der Waals surface area contributed by atoms with Crippen LogP contribution < -0.4 is 15.5 Å². The number of anilines is 2. The first-order valence-electron chi connectivity index (χ1n) is 9.35. The predicted octanol–water partition coefficient (Wildman–Crippen LogP) is 2.54. The van der Waals surface area contributed by atoms with E-state index in [2.05, 4.69) is 15.6 Å². The van der Waals surface area contributed by atoms with Crippen molar-refractivity contribution in [1.29, 1.82) is 0 Å². The van der Waals surface area contributed by atoms with E-state index in [0.29, 0.717) is 42.7 Å². The fourth-order valence-corrected chi connectivity index (χ4v) is 5.81. The second-order valence-electron chi connectivity index (χ2n) is 6.46. The molecular weight excluding hydrogens is 450 g/mol. The highest BCUT2D eigenvalue weighted by Gasteiger charge is 2.26. The molecule has 1 aromatic carbocycles. The summed E-state index contributed by atoms with van der Waals surface area (Å²) in [5, 5.41) is 7.73. The summed E-state index contributed by atoms with van der Waals surface area (Å²) in [6.07, 6.45) is -0.00723. The van der Waals surface area contributed by atoms with Gasteiger partial charge in [-0.2, -0.15) is 4.31 Å². The Bertz CT molecular complexity index is 1050. The molecule has 162 valence electrons. The summed E-state index contributed by atoms with van der Waals surface area (Å²) in [6, 6.07) is 4.14. The lowest BCUT2D eigenvalue weighted by Crippen LogP contribution is -2.31. The van der Waals surface area contributed by atoms with Crippen LogP contribution in [-0.4, -0.2) is 55.8 Å². The average Bonchev–Trinajstić information content (AvgIpc) is 3.32. The summed E-state index contributed by atoms with van der Waals surface area (Å²) in [7, 11) is -3.76. The van der Waals surface area contributed by atoms with Crippen LogP contribution in [0, 0.1) is 0 Å². The number of nitrogens with one attached hydrogen (secondary N) is 2. The van der Waals surface area contributed by atoms with Gasteiger partial charge >= 0.3 is 6.03 Å². The van der Waals surface area contributed by atoms with Gasteiger partial charge in [0.15, 0.2) is 5.13 Å². The highest BCUT2D eigenvalue weighted by Crippen LogP contribution is 2.28. The number of urea groups is 1. The highest BCUT2D eigenvalue weighted by atomic mass is 35.5. The second-order valence-corrected chi connectivity index (χ2v) is 9.61. The van der Waals surface area contributed by atoms with Gasteiger partial charge in [-0.25, -0.2) is 18.2 Å². The van der Waals surface area contributed by atoms with Crippen molar-refractivity contribution >= 4 is 55.7 Å². The number of halogens is 1. The van der Waals surface area contributed by atoms with E-state index in [4.69, 9.17) is 11.6 Å². The summed E-state index contributed by atoms with van der Waals surface area (Å²) in [4.78, 5) is 30.0. The number of thiazole rings is 1. The Labute approximate surface area is 184 Å². The maximum atomic E-state index is 12.8. The molecule has 1 saturated heterocycles. The van der Waals surface area contributed by atoms with E-state index in [0.717, 1.165) is 0 Å². The van der Waals surface area contributed by atoms with Gasteiger partial charge in [-0.3, -0.25) is 9.69 Å². The third-order valence-corrected chi connectivity index (χ3v) is 7.95. The minimum atomic E-state index is -3.76. The molecule has 9 nitrogen and oxygen atoms in total. The van der Waals surface area contributed by atoms with Gasteiger partial charge in [0.2, 0.25) is 15.9 Å². The highest BCUT2D eigenvalue weighted by molar-refractivity contribution is 7.89. The van der Waals surface area contributed by atoms with Crippen molar-refractivity contribution < 1.29 is 18.0 Å². The molecule has 0 aliphatic carbocycles. The van der Waals surface area contributed by atoms with Crippen LogP contribution in [0.25, 0.3) is 0 Å². The van der Waals surface area contributed by atoms with Gasteiger partial charge in [0.25, 0.3) is 0 Å². The first-order valence-corrected chi connectivity index (χ1v) is 12.0. The molecule has 2 aromatic rings. The SMILES string of the molecule is CCN(CC)S(=O)(=O)c1cc(NC(=O)Cc2csc(N3CCNC3=O)n2)ccc1Cl. The van der Waals surface area contributed by atoms with Gasteiger partial charge in [-0.1, -0.05) is 25.4 Å². The van der Waals surface area contributed by atoms with Crippen molar-refractivity contribution in [3.05, 3.63) is 34.3 Å². The number of nitrogens with zero attached hydrogens (tertiary/aromatic N) is 3. The molecule has 3 amide bonds. The average molecular weight is 472 g/mol. The lowest BCUT2D eigenvalue weighted by molar-refractivity contribution is -0.115. The van der Waals surface area contributed by atoms with Gasteiger partial charge in [-0.15, -0.1) is 11.3 Å². The number of amides is 3. The molecule has 2 N–H and O–H groups in total. The Morgan fingerprint density at radius 1 is 1.37 bits per heavy atom. The largest absolute Gasteiger partial charge is 0.336 e. The van der Waals surface area contributed by atoms with Crippen molar-refractivity contribution in [1.82, 2.24) is 14.6 Å². The molecule has 12 heteroatoms. The molecule has 0 unspecified atom stereocenters.